The lowest BCUT2D eigenvalue weighted by molar-refractivity contribution is -0.120. The number of piperidine rings is 1. The van der Waals surface area contributed by atoms with Gasteiger partial charge in [0.05, 0.1) is 11.6 Å². The zero-order chi connectivity index (χ0) is 21.9. The molecule has 162 valence electrons. The Kier molecular flexibility index (Phi) is 5.59. The van der Waals surface area contributed by atoms with Crippen LogP contribution in [-0.4, -0.2) is 48.7 Å². The minimum Gasteiger partial charge on any atom is -0.354 e. The lowest BCUT2D eigenvalue weighted by atomic mass is 9.97. The number of nitrogens with one attached hydrogen (secondary N) is 1. The summed E-state index contributed by atoms with van der Waals surface area (Å²) in [5.41, 5.74) is 1.74. The van der Waals surface area contributed by atoms with Crippen LogP contribution in [0.5, 0.6) is 0 Å². The Morgan fingerprint density at radius 1 is 1.19 bits per heavy atom. The Hall–Kier alpha value is -3.66. The molecule has 0 spiro atoms. The quantitative estimate of drug-likeness (QED) is 0.502. The van der Waals surface area contributed by atoms with E-state index < -0.39 is 0 Å². The third kappa shape index (κ3) is 4.22. The maximum absolute atomic E-state index is 12.9. The molecule has 4 aromatic rings. The van der Waals surface area contributed by atoms with Gasteiger partial charge in [0.2, 0.25) is 5.91 Å². The van der Waals surface area contributed by atoms with Crippen LogP contribution in [0.4, 0.5) is 10.9 Å². The Bertz CT molecular complexity index is 1200. The van der Waals surface area contributed by atoms with Crippen LogP contribution in [0.15, 0.2) is 54.4 Å². The van der Waals surface area contributed by atoms with E-state index in [1.54, 1.807) is 18.6 Å². The van der Waals surface area contributed by atoms with Crippen LogP contribution in [-0.2, 0) is 4.79 Å². The number of nitrogens with zero attached hydrogens (tertiary/aromatic N) is 7. The normalized spacial score (nSPS) is 16.2. The summed E-state index contributed by atoms with van der Waals surface area (Å²) in [6.45, 7) is 3.38. The van der Waals surface area contributed by atoms with Gasteiger partial charge in [-0.25, -0.2) is 9.97 Å². The van der Waals surface area contributed by atoms with Gasteiger partial charge in [-0.2, -0.15) is 0 Å². The Morgan fingerprint density at radius 3 is 2.81 bits per heavy atom. The molecule has 4 aromatic heterocycles. The highest BCUT2D eigenvalue weighted by Gasteiger charge is 2.27. The number of pyridine rings is 1. The van der Waals surface area contributed by atoms with Crippen molar-refractivity contribution in [3.63, 3.8) is 0 Å². The number of rotatable bonds is 5. The van der Waals surface area contributed by atoms with Crippen molar-refractivity contribution in [1.29, 1.82) is 0 Å². The molecule has 0 saturated carbocycles. The van der Waals surface area contributed by atoms with E-state index in [-0.39, 0.29) is 11.8 Å². The van der Waals surface area contributed by atoms with Gasteiger partial charge in [0.25, 0.3) is 0 Å². The van der Waals surface area contributed by atoms with E-state index in [9.17, 15) is 4.79 Å². The summed E-state index contributed by atoms with van der Waals surface area (Å²) in [4.78, 5) is 27.9. The molecule has 1 saturated heterocycles. The van der Waals surface area contributed by atoms with Crippen LogP contribution < -0.4 is 10.2 Å². The topological polar surface area (TPSA) is 102 Å². The molecule has 10 heteroatoms. The maximum Gasteiger partial charge on any atom is 0.231 e. The lowest BCUT2D eigenvalue weighted by Gasteiger charge is -2.32. The molecule has 1 aliphatic rings. The zero-order valence-electron chi connectivity index (χ0n) is 17.5. The van der Waals surface area contributed by atoms with Gasteiger partial charge in [0, 0.05) is 48.8 Å². The van der Waals surface area contributed by atoms with Crippen molar-refractivity contribution in [2.24, 2.45) is 5.92 Å². The van der Waals surface area contributed by atoms with Gasteiger partial charge in [0.1, 0.15) is 5.82 Å². The van der Waals surface area contributed by atoms with E-state index in [1.807, 2.05) is 47.3 Å². The standard InChI is InChI=1S/C22H22N8OS/c1-15-24-9-11-30(15)20-7-6-19(27-28-20)29-10-3-5-17(13-29)21(31)26-22-25-18(14-32-22)16-4-2-8-23-12-16/h2,4,6-9,11-12,14,17H,3,5,10,13H2,1H3,(H,25,26,31). The Balaban J connectivity index is 1.23. The van der Waals surface area contributed by atoms with E-state index in [0.29, 0.717) is 11.7 Å². The molecule has 0 bridgehead atoms. The third-order valence-electron chi connectivity index (χ3n) is 5.52. The molecular formula is C22H22N8OS. The fraction of sp³-hybridized carbons (Fsp3) is 0.273. The highest BCUT2D eigenvalue weighted by molar-refractivity contribution is 7.14. The fourth-order valence-electron chi connectivity index (χ4n) is 3.82. The number of hydrogen-bond acceptors (Lipinski definition) is 8. The molecule has 1 unspecified atom stereocenters. The van der Waals surface area contributed by atoms with Crippen LogP contribution in [0.1, 0.15) is 18.7 Å². The summed E-state index contributed by atoms with van der Waals surface area (Å²) in [5.74, 6) is 2.21. The molecule has 0 aromatic carbocycles. The predicted molar refractivity (Wildman–Crippen MR) is 123 cm³/mol. The summed E-state index contributed by atoms with van der Waals surface area (Å²) < 4.78 is 1.89. The minimum atomic E-state index is -0.133. The average Bonchev–Trinajstić information content (AvgIpc) is 3.49. The molecule has 1 fully saturated rings. The summed E-state index contributed by atoms with van der Waals surface area (Å²) >= 11 is 1.42. The summed E-state index contributed by atoms with van der Waals surface area (Å²) in [5, 5.41) is 14.3. The van der Waals surface area contributed by atoms with Crippen molar-refractivity contribution in [2.45, 2.75) is 19.8 Å². The second kappa shape index (κ2) is 8.83. The number of aromatic nitrogens is 6. The summed E-state index contributed by atoms with van der Waals surface area (Å²) in [7, 11) is 0. The molecule has 0 radical (unpaired) electrons. The first-order valence-corrected chi connectivity index (χ1v) is 11.3. The van der Waals surface area contributed by atoms with Crippen LogP contribution in [0.2, 0.25) is 0 Å². The van der Waals surface area contributed by atoms with Crippen LogP contribution in [0.3, 0.4) is 0 Å². The average molecular weight is 447 g/mol. The van der Waals surface area contributed by atoms with Crippen molar-refractivity contribution in [3.05, 3.63) is 60.3 Å². The van der Waals surface area contributed by atoms with E-state index in [4.69, 9.17) is 0 Å². The van der Waals surface area contributed by atoms with Crippen molar-refractivity contribution in [2.75, 3.05) is 23.3 Å². The molecule has 5 rings (SSSR count). The van der Waals surface area contributed by atoms with Crippen LogP contribution in [0, 0.1) is 12.8 Å². The minimum absolute atomic E-state index is 0.0135. The maximum atomic E-state index is 12.9. The van der Waals surface area contributed by atoms with E-state index in [1.165, 1.54) is 11.3 Å². The van der Waals surface area contributed by atoms with Gasteiger partial charge >= 0.3 is 0 Å². The molecule has 1 amide bonds. The molecule has 5 heterocycles. The largest absolute Gasteiger partial charge is 0.354 e. The van der Waals surface area contributed by atoms with Gasteiger partial charge < -0.3 is 10.2 Å². The fourth-order valence-corrected chi connectivity index (χ4v) is 4.54. The van der Waals surface area contributed by atoms with Crippen molar-refractivity contribution >= 4 is 28.2 Å². The first-order valence-electron chi connectivity index (χ1n) is 10.4. The number of carbonyl (C=O) groups excluding carboxylic acids is 1. The van der Waals surface area contributed by atoms with Gasteiger partial charge in [-0.15, -0.1) is 21.5 Å². The third-order valence-corrected chi connectivity index (χ3v) is 6.27. The molecular weight excluding hydrogens is 424 g/mol. The van der Waals surface area contributed by atoms with Crippen molar-refractivity contribution in [3.8, 4) is 17.1 Å². The van der Waals surface area contributed by atoms with E-state index in [0.717, 1.165) is 48.1 Å². The molecule has 0 aliphatic carbocycles. The van der Waals surface area contributed by atoms with Gasteiger partial charge in [-0.3, -0.25) is 14.3 Å². The molecule has 1 atom stereocenters. The summed E-state index contributed by atoms with van der Waals surface area (Å²) in [6.07, 6.45) is 8.84. The first kappa shape index (κ1) is 20.3. The second-order valence-electron chi connectivity index (χ2n) is 7.65. The number of thiazole rings is 1. The van der Waals surface area contributed by atoms with E-state index >= 15 is 0 Å². The SMILES string of the molecule is Cc1nccn1-c1ccc(N2CCCC(C(=O)Nc3nc(-c4cccnc4)cs3)C2)nn1. The van der Waals surface area contributed by atoms with Crippen molar-refractivity contribution in [1.82, 2.24) is 29.7 Å². The number of carbonyl (C=O) groups is 1. The molecule has 1 N–H and O–H groups in total. The van der Waals surface area contributed by atoms with Gasteiger partial charge in [0.15, 0.2) is 16.8 Å². The number of hydrogen-bond donors (Lipinski definition) is 1. The highest BCUT2D eigenvalue weighted by Crippen LogP contribution is 2.26. The number of imidazole rings is 1. The second-order valence-corrected chi connectivity index (χ2v) is 8.51. The first-order chi connectivity index (χ1) is 15.7. The highest BCUT2D eigenvalue weighted by atomic mass is 32.1. The lowest BCUT2D eigenvalue weighted by Crippen LogP contribution is -2.41. The summed E-state index contributed by atoms with van der Waals surface area (Å²) in [6, 6.07) is 7.70. The number of anilines is 2. The van der Waals surface area contributed by atoms with Crippen LogP contribution >= 0.6 is 11.3 Å². The van der Waals surface area contributed by atoms with Gasteiger partial charge in [-0.1, -0.05) is 0 Å². The smallest absolute Gasteiger partial charge is 0.231 e. The Labute approximate surface area is 189 Å². The predicted octanol–water partition coefficient (Wildman–Crippen LogP) is 3.34. The Morgan fingerprint density at radius 2 is 2.06 bits per heavy atom. The zero-order valence-corrected chi connectivity index (χ0v) is 18.4. The molecule has 32 heavy (non-hydrogen) atoms. The van der Waals surface area contributed by atoms with Crippen molar-refractivity contribution < 1.29 is 4.79 Å². The van der Waals surface area contributed by atoms with Gasteiger partial charge in [-0.05, 0) is 44.0 Å². The monoisotopic (exact) mass is 446 g/mol. The van der Waals surface area contributed by atoms with Crippen LogP contribution in [0.25, 0.3) is 17.1 Å². The molecule has 1 aliphatic heterocycles. The van der Waals surface area contributed by atoms with E-state index in [2.05, 4.69) is 35.4 Å². The molecule has 9 nitrogen and oxygen atoms in total. The number of aryl methyl sites for hydroxylation is 1. The number of amides is 1.